The Balaban J connectivity index is 1.93. The topological polar surface area (TPSA) is 81.9 Å². The monoisotopic (exact) mass is 306 g/mol. The molecule has 2 rings (SSSR count). The van der Waals surface area contributed by atoms with E-state index < -0.39 is 5.97 Å². The van der Waals surface area contributed by atoms with Crippen LogP contribution in [0.2, 0.25) is 0 Å². The molecule has 0 aliphatic carbocycles. The highest BCUT2D eigenvalue weighted by atomic mass is 16.5. The number of hydrogen-bond donors (Lipinski definition) is 1. The summed E-state index contributed by atoms with van der Waals surface area (Å²) in [5, 5.41) is 0. The predicted octanol–water partition coefficient (Wildman–Crippen LogP) is 1.37. The normalized spacial score (nSPS) is 21.5. The quantitative estimate of drug-likeness (QED) is 0.674. The molecular weight excluding hydrogens is 284 g/mol. The summed E-state index contributed by atoms with van der Waals surface area (Å²) < 4.78 is 10.7. The number of hydrogen-bond acceptors (Lipinski definition) is 5. The SMILES string of the molecule is Cc1cccc(C(=O)OCC(=O)N2C[C@@H](C)O[C@@H](C)C2)c1N. The summed E-state index contributed by atoms with van der Waals surface area (Å²) >= 11 is 0. The first-order valence-corrected chi connectivity index (χ1v) is 7.34. The van der Waals surface area contributed by atoms with E-state index in [1.165, 1.54) is 0 Å². The number of nitrogens with zero attached hydrogens (tertiary/aromatic N) is 1. The zero-order chi connectivity index (χ0) is 16.3. The van der Waals surface area contributed by atoms with Crippen LogP contribution in [0.3, 0.4) is 0 Å². The van der Waals surface area contributed by atoms with Crippen LogP contribution in [-0.4, -0.2) is 48.7 Å². The third-order valence-corrected chi connectivity index (χ3v) is 3.64. The molecule has 1 amide bonds. The summed E-state index contributed by atoms with van der Waals surface area (Å²) in [7, 11) is 0. The number of nitrogens with two attached hydrogens (primary N) is 1. The minimum atomic E-state index is -0.580. The Morgan fingerprint density at radius 2 is 1.95 bits per heavy atom. The molecule has 1 saturated heterocycles. The van der Waals surface area contributed by atoms with Crippen molar-refractivity contribution in [2.24, 2.45) is 0 Å². The van der Waals surface area contributed by atoms with Gasteiger partial charge in [0.05, 0.1) is 17.8 Å². The minimum absolute atomic E-state index is 0.0178. The predicted molar refractivity (Wildman–Crippen MR) is 82.5 cm³/mol. The van der Waals surface area contributed by atoms with Gasteiger partial charge in [0.15, 0.2) is 6.61 Å². The van der Waals surface area contributed by atoms with Crippen LogP contribution in [0.1, 0.15) is 29.8 Å². The van der Waals surface area contributed by atoms with E-state index in [4.69, 9.17) is 15.2 Å². The zero-order valence-corrected chi connectivity index (χ0v) is 13.2. The maximum absolute atomic E-state index is 12.1. The molecule has 0 saturated carbocycles. The number of carbonyl (C=O) groups is 2. The highest BCUT2D eigenvalue weighted by molar-refractivity contribution is 5.96. The van der Waals surface area contributed by atoms with Crippen molar-refractivity contribution in [3.8, 4) is 0 Å². The zero-order valence-electron chi connectivity index (χ0n) is 13.2. The van der Waals surface area contributed by atoms with Gasteiger partial charge >= 0.3 is 5.97 Å². The van der Waals surface area contributed by atoms with Crippen molar-refractivity contribution >= 4 is 17.6 Å². The highest BCUT2D eigenvalue weighted by Gasteiger charge is 2.26. The van der Waals surface area contributed by atoms with Crippen LogP contribution < -0.4 is 5.73 Å². The van der Waals surface area contributed by atoms with Crippen molar-refractivity contribution in [1.29, 1.82) is 0 Å². The van der Waals surface area contributed by atoms with Gasteiger partial charge in [-0.3, -0.25) is 4.79 Å². The van der Waals surface area contributed by atoms with E-state index in [9.17, 15) is 9.59 Å². The fourth-order valence-electron chi connectivity index (χ4n) is 2.54. The maximum atomic E-state index is 12.1. The lowest BCUT2D eigenvalue weighted by atomic mass is 10.1. The molecule has 0 aromatic heterocycles. The Bertz CT molecular complexity index is 563. The fourth-order valence-corrected chi connectivity index (χ4v) is 2.54. The van der Waals surface area contributed by atoms with Gasteiger partial charge in [0.25, 0.3) is 5.91 Å². The average Bonchev–Trinajstić information content (AvgIpc) is 2.46. The number of benzene rings is 1. The van der Waals surface area contributed by atoms with Gasteiger partial charge in [-0.25, -0.2) is 4.79 Å². The molecule has 0 unspecified atom stereocenters. The molecule has 1 aromatic carbocycles. The van der Waals surface area contributed by atoms with Gasteiger partial charge in [-0.1, -0.05) is 12.1 Å². The standard InChI is InChI=1S/C16H22N2O4/c1-10-5-4-6-13(15(10)17)16(20)21-9-14(19)18-7-11(2)22-12(3)8-18/h4-6,11-12H,7-9,17H2,1-3H3/t11-,12+. The Morgan fingerprint density at radius 3 is 2.59 bits per heavy atom. The maximum Gasteiger partial charge on any atom is 0.340 e. The van der Waals surface area contributed by atoms with Gasteiger partial charge in [0.1, 0.15) is 0 Å². The van der Waals surface area contributed by atoms with Gasteiger partial charge in [-0.15, -0.1) is 0 Å². The van der Waals surface area contributed by atoms with E-state index in [0.717, 1.165) is 5.56 Å². The van der Waals surface area contributed by atoms with Crippen molar-refractivity contribution in [3.63, 3.8) is 0 Å². The average molecular weight is 306 g/mol. The lowest BCUT2D eigenvalue weighted by molar-refractivity contribution is -0.146. The molecule has 2 atom stereocenters. The minimum Gasteiger partial charge on any atom is -0.452 e. The number of amides is 1. The number of aryl methyl sites for hydroxylation is 1. The molecule has 0 radical (unpaired) electrons. The van der Waals surface area contributed by atoms with E-state index in [0.29, 0.717) is 18.8 Å². The van der Waals surface area contributed by atoms with Crippen LogP contribution in [0.25, 0.3) is 0 Å². The van der Waals surface area contributed by atoms with E-state index in [1.54, 1.807) is 17.0 Å². The first-order chi connectivity index (χ1) is 10.4. The largest absolute Gasteiger partial charge is 0.452 e. The Hall–Kier alpha value is -2.08. The highest BCUT2D eigenvalue weighted by Crippen LogP contribution is 2.17. The molecular formula is C16H22N2O4. The molecule has 1 aliphatic rings. The van der Waals surface area contributed by atoms with Crippen LogP contribution in [0.15, 0.2) is 18.2 Å². The molecule has 1 fully saturated rings. The third kappa shape index (κ3) is 3.76. The second-order valence-electron chi connectivity index (χ2n) is 5.67. The fraction of sp³-hybridized carbons (Fsp3) is 0.500. The first-order valence-electron chi connectivity index (χ1n) is 7.34. The number of rotatable bonds is 3. The summed E-state index contributed by atoms with van der Waals surface area (Å²) in [6, 6.07) is 5.14. The summed E-state index contributed by atoms with van der Waals surface area (Å²) in [4.78, 5) is 25.8. The smallest absolute Gasteiger partial charge is 0.340 e. The van der Waals surface area contributed by atoms with Crippen molar-refractivity contribution in [2.45, 2.75) is 33.0 Å². The molecule has 22 heavy (non-hydrogen) atoms. The Labute approximate surface area is 130 Å². The van der Waals surface area contributed by atoms with Crippen molar-refractivity contribution in [2.75, 3.05) is 25.4 Å². The molecule has 0 spiro atoms. The molecule has 6 nitrogen and oxygen atoms in total. The number of ether oxygens (including phenoxy) is 2. The molecule has 120 valence electrons. The molecule has 1 heterocycles. The number of esters is 1. The van der Waals surface area contributed by atoms with E-state index >= 15 is 0 Å². The first kappa shape index (κ1) is 16.3. The van der Waals surface area contributed by atoms with E-state index in [-0.39, 0.29) is 30.3 Å². The molecule has 2 N–H and O–H groups in total. The summed E-state index contributed by atoms with van der Waals surface area (Å²) in [5.74, 6) is -0.800. The van der Waals surface area contributed by atoms with Gasteiger partial charge in [-0.2, -0.15) is 0 Å². The van der Waals surface area contributed by atoms with Crippen molar-refractivity contribution < 1.29 is 19.1 Å². The van der Waals surface area contributed by atoms with Gasteiger partial charge in [-0.05, 0) is 32.4 Å². The summed E-state index contributed by atoms with van der Waals surface area (Å²) in [5.41, 5.74) is 7.33. The van der Waals surface area contributed by atoms with Crippen molar-refractivity contribution in [1.82, 2.24) is 4.90 Å². The lowest BCUT2D eigenvalue weighted by Gasteiger charge is -2.35. The number of morpholine rings is 1. The van der Waals surface area contributed by atoms with Crippen LogP contribution >= 0.6 is 0 Å². The number of para-hydroxylation sites is 1. The van der Waals surface area contributed by atoms with Gasteiger partial charge in [0.2, 0.25) is 0 Å². The molecule has 1 aliphatic heterocycles. The number of anilines is 1. The number of carbonyl (C=O) groups excluding carboxylic acids is 2. The second kappa shape index (κ2) is 6.79. The molecule has 1 aromatic rings. The van der Waals surface area contributed by atoms with Crippen LogP contribution in [0.5, 0.6) is 0 Å². The number of nitrogen functional groups attached to an aromatic ring is 1. The van der Waals surface area contributed by atoms with Gasteiger partial charge < -0.3 is 20.1 Å². The second-order valence-corrected chi connectivity index (χ2v) is 5.67. The Morgan fingerprint density at radius 1 is 1.32 bits per heavy atom. The summed E-state index contributed by atoms with van der Waals surface area (Å²) in [6.07, 6.45) is -0.0355. The molecule has 6 heteroatoms. The van der Waals surface area contributed by atoms with Crippen LogP contribution in [-0.2, 0) is 14.3 Å². The summed E-state index contributed by atoms with van der Waals surface area (Å²) in [6.45, 7) is 6.37. The third-order valence-electron chi connectivity index (χ3n) is 3.64. The van der Waals surface area contributed by atoms with Crippen molar-refractivity contribution in [3.05, 3.63) is 29.3 Å². The van der Waals surface area contributed by atoms with Gasteiger partial charge in [0, 0.05) is 18.8 Å². The van der Waals surface area contributed by atoms with E-state index in [2.05, 4.69) is 0 Å². The van der Waals surface area contributed by atoms with E-state index in [1.807, 2.05) is 26.8 Å². The van der Waals surface area contributed by atoms with Crippen LogP contribution in [0.4, 0.5) is 5.69 Å². The molecule has 0 bridgehead atoms. The lowest BCUT2D eigenvalue weighted by Crippen LogP contribution is -2.49. The van der Waals surface area contributed by atoms with Crippen LogP contribution in [0, 0.1) is 6.92 Å². The Kier molecular flexibility index (Phi) is 5.03.